The second kappa shape index (κ2) is 19.6. The van der Waals surface area contributed by atoms with Gasteiger partial charge in [0.05, 0.1) is 13.2 Å². The number of carbonyl (C=O) groups is 2. The first-order valence-corrected chi connectivity index (χ1v) is 25.2. The summed E-state index contributed by atoms with van der Waals surface area (Å²) in [5.41, 5.74) is 1.01. The van der Waals surface area contributed by atoms with E-state index in [1.54, 1.807) is 13.8 Å². The number of fused-ring (bicyclic) bond motifs is 15. The van der Waals surface area contributed by atoms with Crippen molar-refractivity contribution < 1.29 is 38.0 Å². The minimum Gasteiger partial charge on any atom is -0.462 e. The quantitative estimate of drug-likeness (QED) is 0.0540. The molecule has 60 heavy (non-hydrogen) atoms. The van der Waals surface area contributed by atoms with Gasteiger partial charge in [0.2, 0.25) is 0 Å². The van der Waals surface area contributed by atoms with Gasteiger partial charge in [-0.25, -0.2) is 9.59 Å². The number of esters is 2. The van der Waals surface area contributed by atoms with E-state index in [1.165, 1.54) is 77.0 Å². The molecule has 18 atom stereocenters. The third-order valence-electron chi connectivity index (χ3n) is 18.7. The molecule has 8 heteroatoms. The molecule has 0 amide bonds. The van der Waals surface area contributed by atoms with Gasteiger partial charge in [-0.15, -0.1) is 0 Å². The molecule has 9 aliphatic carbocycles. The number of hydrogen-bond donors (Lipinski definition) is 0. The Labute approximate surface area is 362 Å². The summed E-state index contributed by atoms with van der Waals surface area (Å²) in [5.74, 6) is 13.8. The molecule has 0 aromatic heterocycles. The Balaban J connectivity index is 0.564. The Hall–Kier alpha value is -1.74. The molecule has 0 radical (unpaired) electrons. The van der Waals surface area contributed by atoms with Crippen LogP contribution in [0.4, 0.5) is 0 Å². The van der Waals surface area contributed by atoms with Crippen molar-refractivity contribution in [2.75, 3.05) is 66.1 Å². The van der Waals surface area contributed by atoms with Gasteiger partial charge in [-0.05, 0) is 223 Å². The highest BCUT2D eigenvalue weighted by molar-refractivity contribution is 5.87. The summed E-state index contributed by atoms with van der Waals surface area (Å²) < 4.78 is 36.2. The summed E-state index contributed by atoms with van der Waals surface area (Å²) in [6.07, 6.45) is 20.5. The molecular weight excluding hydrogens is 753 g/mol. The molecule has 9 rings (SSSR count). The average molecular weight is 833 g/mol. The van der Waals surface area contributed by atoms with Gasteiger partial charge in [0.1, 0.15) is 0 Å². The van der Waals surface area contributed by atoms with Gasteiger partial charge in [0, 0.05) is 64.0 Å². The third-order valence-corrected chi connectivity index (χ3v) is 18.7. The van der Waals surface area contributed by atoms with Crippen LogP contribution in [0.25, 0.3) is 0 Å². The van der Waals surface area contributed by atoms with E-state index in [-0.39, 0.29) is 11.9 Å². The predicted molar refractivity (Wildman–Crippen MR) is 232 cm³/mol. The van der Waals surface area contributed by atoms with E-state index in [1.807, 2.05) is 0 Å². The molecule has 0 aromatic rings. The first-order chi connectivity index (χ1) is 29.2. The highest BCUT2D eigenvalue weighted by Gasteiger charge is 2.58. The van der Waals surface area contributed by atoms with Crippen molar-refractivity contribution in [3.63, 3.8) is 0 Å². The minimum absolute atomic E-state index is 0.229. The third kappa shape index (κ3) is 9.53. The average Bonchev–Trinajstić information content (AvgIpc) is 4.09. The maximum atomic E-state index is 11.9. The lowest BCUT2D eigenvalue weighted by Crippen LogP contribution is -2.28. The zero-order valence-corrected chi connectivity index (χ0v) is 37.5. The maximum absolute atomic E-state index is 11.9. The van der Waals surface area contributed by atoms with Gasteiger partial charge in [0.25, 0.3) is 0 Å². The Morgan fingerprint density at radius 1 is 0.383 bits per heavy atom. The summed E-state index contributed by atoms with van der Waals surface area (Å²) >= 11 is 0. The number of carbonyl (C=O) groups excluding carboxylic acids is 2. The smallest absolute Gasteiger partial charge is 0.333 e. The largest absolute Gasteiger partial charge is 0.462 e. The normalized spacial score (nSPS) is 42.5. The molecule has 0 aromatic carbocycles. The van der Waals surface area contributed by atoms with Gasteiger partial charge in [-0.1, -0.05) is 13.2 Å². The van der Waals surface area contributed by atoms with Gasteiger partial charge < -0.3 is 28.4 Å². The highest BCUT2D eigenvalue weighted by Crippen LogP contribution is 2.64. The molecule has 0 aliphatic heterocycles. The van der Waals surface area contributed by atoms with Crippen molar-refractivity contribution in [3.8, 4) is 0 Å². The van der Waals surface area contributed by atoms with Gasteiger partial charge in [0.15, 0.2) is 0 Å². The van der Waals surface area contributed by atoms with Crippen LogP contribution in [0, 0.1) is 107 Å². The summed E-state index contributed by atoms with van der Waals surface area (Å²) in [5, 5.41) is 0. The summed E-state index contributed by atoms with van der Waals surface area (Å²) in [4.78, 5) is 23.8. The topological polar surface area (TPSA) is 89.5 Å². The Morgan fingerprint density at radius 2 is 0.683 bits per heavy atom. The molecule has 8 nitrogen and oxygen atoms in total. The molecule has 336 valence electrons. The number of ether oxygens (including phenoxy) is 6. The van der Waals surface area contributed by atoms with Crippen molar-refractivity contribution in [3.05, 3.63) is 24.3 Å². The van der Waals surface area contributed by atoms with Crippen molar-refractivity contribution >= 4 is 11.9 Å². The van der Waals surface area contributed by atoms with E-state index in [2.05, 4.69) is 13.2 Å². The van der Waals surface area contributed by atoms with Crippen LogP contribution in [-0.2, 0) is 38.0 Å². The second-order valence-electron chi connectivity index (χ2n) is 22.4. The van der Waals surface area contributed by atoms with E-state index in [0.29, 0.717) is 48.0 Å². The van der Waals surface area contributed by atoms with Crippen LogP contribution in [0.1, 0.15) is 117 Å². The van der Waals surface area contributed by atoms with Crippen molar-refractivity contribution in [2.24, 2.45) is 107 Å². The van der Waals surface area contributed by atoms with Crippen LogP contribution < -0.4 is 0 Å². The first-order valence-electron chi connectivity index (χ1n) is 25.2. The Kier molecular flexibility index (Phi) is 14.2. The minimum atomic E-state index is -0.230. The molecule has 6 bridgehead atoms. The van der Waals surface area contributed by atoms with Crippen LogP contribution in [0.2, 0.25) is 0 Å². The molecule has 18 unspecified atom stereocenters. The van der Waals surface area contributed by atoms with Crippen molar-refractivity contribution in [1.82, 2.24) is 0 Å². The van der Waals surface area contributed by atoms with Crippen LogP contribution in [0.3, 0.4) is 0 Å². The van der Waals surface area contributed by atoms with Crippen LogP contribution >= 0.6 is 0 Å². The molecule has 0 spiro atoms. The second-order valence-corrected chi connectivity index (χ2v) is 22.4. The molecule has 0 heterocycles. The SMILES string of the molecule is C=C(C)C(=O)OCC1CC2CC1C1CC(COCCCCOCC3CC4C5CC(COCCCCOCC6CC7C8CC(COC(=O)C(=C)C)C(C8)C7C6)C(C5)C4C3)CC21. The van der Waals surface area contributed by atoms with Gasteiger partial charge in [-0.2, -0.15) is 0 Å². The van der Waals surface area contributed by atoms with Gasteiger partial charge in [-0.3, -0.25) is 0 Å². The van der Waals surface area contributed by atoms with Gasteiger partial charge >= 0.3 is 11.9 Å². The molecular formula is C52H80O8. The predicted octanol–water partition coefficient (Wildman–Crippen LogP) is 9.75. The molecule has 9 fully saturated rings. The number of hydrogen-bond acceptors (Lipinski definition) is 8. The van der Waals surface area contributed by atoms with Crippen LogP contribution in [-0.4, -0.2) is 78.0 Å². The molecule has 9 aliphatic rings. The number of unbranched alkanes of at least 4 members (excludes halogenated alkanes) is 2. The van der Waals surface area contributed by atoms with Crippen LogP contribution in [0.5, 0.6) is 0 Å². The van der Waals surface area contributed by atoms with E-state index < -0.39 is 0 Å². The van der Waals surface area contributed by atoms with E-state index in [9.17, 15) is 9.59 Å². The first kappa shape index (κ1) is 43.5. The number of rotatable bonds is 24. The molecule has 0 saturated heterocycles. The van der Waals surface area contributed by atoms with E-state index >= 15 is 0 Å². The maximum Gasteiger partial charge on any atom is 0.333 e. The van der Waals surface area contributed by atoms with Crippen LogP contribution in [0.15, 0.2) is 24.3 Å². The lowest BCUT2D eigenvalue weighted by molar-refractivity contribution is -0.142. The zero-order chi connectivity index (χ0) is 41.3. The Morgan fingerprint density at radius 3 is 1.02 bits per heavy atom. The van der Waals surface area contributed by atoms with E-state index in [4.69, 9.17) is 28.4 Å². The summed E-state index contributed by atoms with van der Waals surface area (Å²) in [7, 11) is 0. The monoisotopic (exact) mass is 833 g/mol. The standard InChI is InChI=1S/C52H80O8/c1-31(2)51(53)59-29-40-20-37-23-46(40)49-17-34(14-43(37)49)26-56-10-6-5-9-55-25-33-13-42-36-19-39(45(22-36)48(42)16-33)28-58-12-8-7-11-57-27-35-15-44-38-21-41(30-60-52(54)32(3)4)47(24-38)50(44)18-35/h33-50H,1,3,5-30H2,2,4H3. The fourth-order valence-electron chi connectivity index (χ4n) is 16.4. The fourth-order valence-corrected chi connectivity index (χ4v) is 16.4. The lowest BCUT2D eigenvalue weighted by atomic mass is 9.76. The molecule has 0 N–H and O–H groups in total. The highest BCUT2D eigenvalue weighted by atomic mass is 16.5. The lowest BCUT2D eigenvalue weighted by Gasteiger charge is -2.31. The van der Waals surface area contributed by atoms with Crippen molar-refractivity contribution in [2.45, 2.75) is 117 Å². The fraction of sp³-hybridized carbons (Fsp3) is 0.885. The summed E-state index contributed by atoms with van der Waals surface area (Å²) in [6, 6.07) is 0. The Bertz CT molecular complexity index is 1510. The molecule has 9 saturated carbocycles. The summed E-state index contributed by atoms with van der Waals surface area (Å²) in [6.45, 7) is 19.3. The van der Waals surface area contributed by atoms with Crippen molar-refractivity contribution in [1.29, 1.82) is 0 Å². The van der Waals surface area contributed by atoms with E-state index in [0.717, 1.165) is 161 Å². The zero-order valence-electron chi connectivity index (χ0n) is 37.5.